The molecule has 0 bridgehead atoms. The Kier molecular flexibility index (Phi) is 5.31. The molecule has 35 heavy (non-hydrogen) atoms. The largest absolute Gasteiger partial charge is 0.336 e. The molecule has 2 N–H and O–H groups in total. The van der Waals surface area contributed by atoms with Crippen LogP contribution in [0.15, 0.2) is 84.0 Å². The molecule has 0 fully saturated rings. The van der Waals surface area contributed by atoms with Gasteiger partial charge in [0.1, 0.15) is 5.54 Å². The minimum absolute atomic E-state index is 0.107. The zero-order valence-electron chi connectivity index (χ0n) is 19.7. The van der Waals surface area contributed by atoms with Gasteiger partial charge in [-0.1, -0.05) is 36.4 Å². The van der Waals surface area contributed by atoms with Crippen molar-refractivity contribution in [3.63, 3.8) is 0 Å². The predicted molar refractivity (Wildman–Crippen MR) is 137 cm³/mol. The first-order valence-corrected chi connectivity index (χ1v) is 11.1. The highest BCUT2D eigenvalue weighted by molar-refractivity contribution is 5.94. The first-order chi connectivity index (χ1) is 16.8. The molecule has 1 atom stereocenters. The fourth-order valence-corrected chi connectivity index (χ4v) is 4.61. The van der Waals surface area contributed by atoms with E-state index in [-0.39, 0.29) is 5.56 Å². The Labute approximate surface area is 203 Å². The standard InChI is InChI=1S/C28H24N6O/c1-18-6-5-7-24(32-18)22-15-27(35)34(4)25-13-10-20(14-23(22)25)28(29,26-16-31-17-33(26)3)19-8-11-21(30-2)12-9-19/h5-17H,29H2,1,3-4H3/t28-/m1/s1. The minimum Gasteiger partial charge on any atom is -0.336 e. The maximum Gasteiger partial charge on any atom is 0.251 e. The number of nitrogens with zero attached hydrogens (tertiary/aromatic N) is 5. The summed E-state index contributed by atoms with van der Waals surface area (Å²) < 4.78 is 3.53. The van der Waals surface area contributed by atoms with E-state index in [4.69, 9.17) is 12.3 Å². The van der Waals surface area contributed by atoms with Crippen molar-refractivity contribution in [3.8, 4) is 11.3 Å². The number of nitrogens with two attached hydrogens (primary N) is 1. The fraction of sp³-hybridized carbons (Fsp3) is 0.143. The molecule has 5 rings (SSSR count). The maximum absolute atomic E-state index is 12.8. The summed E-state index contributed by atoms with van der Waals surface area (Å²) in [7, 11) is 3.67. The molecule has 3 heterocycles. The van der Waals surface area contributed by atoms with E-state index in [2.05, 4.69) is 14.8 Å². The first-order valence-electron chi connectivity index (χ1n) is 11.1. The van der Waals surface area contributed by atoms with Gasteiger partial charge >= 0.3 is 0 Å². The number of fused-ring (bicyclic) bond motifs is 1. The zero-order valence-corrected chi connectivity index (χ0v) is 19.7. The van der Waals surface area contributed by atoms with Gasteiger partial charge in [0.15, 0.2) is 5.69 Å². The van der Waals surface area contributed by atoms with Gasteiger partial charge < -0.3 is 14.9 Å². The maximum atomic E-state index is 12.8. The molecule has 5 aromatic rings. The van der Waals surface area contributed by atoms with E-state index < -0.39 is 5.54 Å². The van der Waals surface area contributed by atoms with E-state index in [1.54, 1.807) is 42.3 Å². The number of hydrogen-bond acceptors (Lipinski definition) is 4. The van der Waals surface area contributed by atoms with E-state index in [9.17, 15) is 4.79 Å². The number of imidazole rings is 1. The summed E-state index contributed by atoms with van der Waals surface area (Å²) in [6.45, 7) is 9.23. The van der Waals surface area contributed by atoms with Crippen molar-refractivity contribution in [1.82, 2.24) is 19.1 Å². The molecular weight excluding hydrogens is 436 g/mol. The van der Waals surface area contributed by atoms with Crippen LogP contribution in [-0.2, 0) is 19.6 Å². The Balaban J connectivity index is 1.83. The van der Waals surface area contributed by atoms with Crippen molar-refractivity contribution >= 4 is 16.6 Å². The third kappa shape index (κ3) is 3.61. The van der Waals surface area contributed by atoms with Gasteiger partial charge in [0.2, 0.25) is 0 Å². The van der Waals surface area contributed by atoms with Crippen molar-refractivity contribution in [2.45, 2.75) is 12.5 Å². The van der Waals surface area contributed by atoms with E-state index in [0.29, 0.717) is 5.69 Å². The number of benzene rings is 2. The Bertz CT molecular complexity index is 1670. The van der Waals surface area contributed by atoms with Gasteiger partial charge in [0, 0.05) is 36.8 Å². The summed E-state index contributed by atoms with van der Waals surface area (Å²) in [5, 5.41) is 0.873. The van der Waals surface area contributed by atoms with E-state index in [1.165, 1.54) is 0 Å². The quantitative estimate of drug-likeness (QED) is 0.402. The second-order valence-corrected chi connectivity index (χ2v) is 8.71. The highest BCUT2D eigenvalue weighted by Crippen LogP contribution is 2.37. The zero-order chi connectivity index (χ0) is 24.7. The third-order valence-corrected chi connectivity index (χ3v) is 6.54. The Hall–Kier alpha value is -4.54. The molecule has 0 aliphatic carbocycles. The molecule has 0 saturated carbocycles. The van der Waals surface area contributed by atoms with E-state index in [1.807, 2.05) is 67.1 Å². The van der Waals surface area contributed by atoms with Crippen molar-refractivity contribution in [2.75, 3.05) is 0 Å². The third-order valence-electron chi connectivity index (χ3n) is 6.54. The average molecular weight is 461 g/mol. The number of aromatic nitrogens is 4. The van der Waals surface area contributed by atoms with Gasteiger partial charge in [-0.25, -0.2) is 9.83 Å². The van der Waals surface area contributed by atoms with Crippen LogP contribution in [0.2, 0.25) is 0 Å². The van der Waals surface area contributed by atoms with Gasteiger partial charge in [0.05, 0.1) is 36.0 Å². The van der Waals surface area contributed by atoms with Crippen LogP contribution in [-0.4, -0.2) is 19.1 Å². The van der Waals surface area contributed by atoms with Crippen LogP contribution in [0.3, 0.4) is 0 Å². The molecule has 0 spiro atoms. The first kappa shape index (κ1) is 22.3. The predicted octanol–water partition coefficient (Wildman–Crippen LogP) is 4.44. The SMILES string of the molecule is [C-]#[N+]c1ccc([C@@](N)(c2ccc3c(c2)c(-c2cccc(C)n2)cc(=O)n3C)c2cncn2C)cc1. The fourth-order valence-electron chi connectivity index (χ4n) is 4.61. The molecule has 0 amide bonds. The lowest BCUT2D eigenvalue weighted by Crippen LogP contribution is -2.41. The molecule has 0 unspecified atom stereocenters. The smallest absolute Gasteiger partial charge is 0.251 e. The highest BCUT2D eigenvalue weighted by atomic mass is 16.1. The summed E-state index contributed by atoms with van der Waals surface area (Å²) in [5.74, 6) is 0. The Morgan fingerprint density at radius 1 is 1.00 bits per heavy atom. The summed E-state index contributed by atoms with van der Waals surface area (Å²) in [6.07, 6.45) is 3.48. The van der Waals surface area contributed by atoms with Crippen LogP contribution in [0, 0.1) is 13.5 Å². The number of aryl methyl sites for hydroxylation is 3. The van der Waals surface area contributed by atoms with Crippen LogP contribution in [0.5, 0.6) is 0 Å². The molecule has 0 saturated heterocycles. The number of hydrogen-bond donors (Lipinski definition) is 1. The molecule has 7 heteroatoms. The van der Waals surface area contributed by atoms with Gasteiger partial charge in [-0.3, -0.25) is 9.78 Å². The van der Waals surface area contributed by atoms with Gasteiger partial charge in [-0.2, -0.15) is 0 Å². The minimum atomic E-state index is -1.05. The number of rotatable bonds is 4. The van der Waals surface area contributed by atoms with Crippen molar-refractivity contribution in [2.24, 2.45) is 19.8 Å². The van der Waals surface area contributed by atoms with Gasteiger partial charge in [-0.15, -0.1) is 0 Å². The molecule has 0 aliphatic rings. The molecule has 0 radical (unpaired) electrons. The average Bonchev–Trinajstić information content (AvgIpc) is 3.31. The second-order valence-electron chi connectivity index (χ2n) is 8.71. The lowest BCUT2D eigenvalue weighted by molar-refractivity contribution is 0.596. The molecule has 2 aromatic carbocycles. The van der Waals surface area contributed by atoms with Crippen LogP contribution in [0.4, 0.5) is 5.69 Å². The van der Waals surface area contributed by atoms with E-state index in [0.717, 1.165) is 44.7 Å². The topological polar surface area (TPSA) is 83.1 Å². The van der Waals surface area contributed by atoms with Crippen LogP contribution >= 0.6 is 0 Å². The van der Waals surface area contributed by atoms with Gasteiger partial charge in [0.25, 0.3) is 5.56 Å². The summed E-state index contributed by atoms with van der Waals surface area (Å²) in [4.78, 5) is 25.3. The lowest BCUT2D eigenvalue weighted by atomic mass is 9.80. The van der Waals surface area contributed by atoms with Crippen molar-refractivity contribution in [1.29, 1.82) is 0 Å². The number of pyridine rings is 2. The Morgan fingerprint density at radius 2 is 1.74 bits per heavy atom. The van der Waals surface area contributed by atoms with E-state index >= 15 is 0 Å². The van der Waals surface area contributed by atoms with Gasteiger partial charge in [-0.05, 0) is 42.3 Å². The van der Waals surface area contributed by atoms with Crippen molar-refractivity contribution < 1.29 is 0 Å². The molecule has 3 aromatic heterocycles. The molecule has 0 aliphatic heterocycles. The molecule has 172 valence electrons. The monoisotopic (exact) mass is 460 g/mol. The molecule has 7 nitrogen and oxygen atoms in total. The summed E-state index contributed by atoms with van der Waals surface area (Å²) >= 11 is 0. The second kappa shape index (κ2) is 8.35. The van der Waals surface area contributed by atoms with Crippen LogP contribution in [0.1, 0.15) is 22.5 Å². The van der Waals surface area contributed by atoms with Crippen molar-refractivity contribution in [3.05, 3.63) is 124 Å². The van der Waals surface area contributed by atoms with Crippen LogP contribution < -0.4 is 11.3 Å². The summed E-state index contributed by atoms with van der Waals surface area (Å²) in [6, 6.07) is 20.6. The Morgan fingerprint density at radius 3 is 2.40 bits per heavy atom. The highest BCUT2D eigenvalue weighted by Gasteiger charge is 2.35. The summed E-state index contributed by atoms with van der Waals surface area (Å²) in [5.41, 5.74) is 12.2. The van der Waals surface area contributed by atoms with Crippen LogP contribution in [0.25, 0.3) is 27.0 Å². The molecular formula is C28H24N6O. The normalized spacial score (nSPS) is 12.9. The lowest BCUT2D eigenvalue weighted by Gasteiger charge is -2.32.